The largest absolute Gasteiger partial charge is 0.258 e. The van der Waals surface area contributed by atoms with Crippen LogP contribution in [-0.2, 0) is 5.75 Å². The lowest BCUT2D eigenvalue weighted by molar-refractivity contribution is 0.854. The van der Waals surface area contributed by atoms with Crippen LogP contribution in [-0.4, -0.2) is 29.4 Å². The van der Waals surface area contributed by atoms with Crippen LogP contribution >= 0.6 is 11.8 Å². The zero-order valence-corrected chi connectivity index (χ0v) is 17.5. The van der Waals surface area contributed by atoms with E-state index in [1.54, 1.807) is 11.8 Å². The number of benzene rings is 2. The Kier molecular flexibility index (Phi) is 4.80. The van der Waals surface area contributed by atoms with Crippen LogP contribution in [0.4, 0.5) is 0 Å². The van der Waals surface area contributed by atoms with Gasteiger partial charge in [-0.1, -0.05) is 60.3 Å². The number of aryl methyl sites for hydroxylation is 2. The quantitative estimate of drug-likeness (QED) is 0.385. The molecule has 3 heterocycles. The predicted molar refractivity (Wildman–Crippen MR) is 119 cm³/mol. The summed E-state index contributed by atoms with van der Waals surface area (Å²) in [4.78, 5) is 4.55. The first-order valence-electron chi connectivity index (χ1n) is 9.70. The molecule has 2 aromatic carbocycles. The van der Waals surface area contributed by atoms with Crippen LogP contribution in [0.3, 0.4) is 0 Å². The number of rotatable bonds is 5. The third-order valence-corrected chi connectivity index (χ3v) is 5.85. The highest BCUT2D eigenvalue weighted by atomic mass is 32.2. The molecule has 5 aromatic rings. The van der Waals surface area contributed by atoms with Gasteiger partial charge in [-0.15, -0.1) is 10.2 Å². The van der Waals surface area contributed by atoms with E-state index >= 15 is 0 Å². The number of hydrogen-bond acceptors (Lipinski definition) is 5. The molecule has 0 fully saturated rings. The van der Waals surface area contributed by atoms with Crippen molar-refractivity contribution in [3.8, 4) is 16.9 Å². The van der Waals surface area contributed by atoms with Gasteiger partial charge >= 0.3 is 0 Å². The molecule has 0 unspecified atom stereocenters. The first-order chi connectivity index (χ1) is 14.7. The second kappa shape index (κ2) is 7.76. The van der Waals surface area contributed by atoms with Crippen molar-refractivity contribution < 1.29 is 0 Å². The van der Waals surface area contributed by atoms with Crippen molar-refractivity contribution in [2.45, 2.75) is 24.8 Å². The second-order valence-corrected chi connectivity index (χ2v) is 8.00. The molecule has 0 spiro atoms. The van der Waals surface area contributed by atoms with Gasteiger partial charge in [-0.2, -0.15) is 5.10 Å². The van der Waals surface area contributed by atoms with Gasteiger partial charge in [0, 0.05) is 34.8 Å². The fraction of sp³-hybridized carbons (Fsp3) is 0.130. The summed E-state index contributed by atoms with van der Waals surface area (Å²) in [5.74, 6) is 1.62. The lowest BCUT2D eigenvalue weighted by atomic mass is 10.1. The lowest BCUT2D eigenvalue weighted by Crippen LogP contribution is -1.98. The average Bonchev–Trinajstić information content (AvgIpc) is 3.38. The molecule has 0 aliphatic carbocycles. The maximum Gasteiger partial charge on any atom is 0.197 e. The SMILES string of the molecule is Cc1cc2nnc(SCc3cn(-c4ccccc4)nc3-c3ccccc3)n2c(C)n1. The van der Waals surface area contributed by atoms with Gasteiger partial charge in [-0.25, -0.2) is 9.67 Å². The molecule has 30 heavy (non-hydrogen) atoms. The summed E-state index contributed by atoms with van der Waals surface area (Å²) in [7, 11) is 0. The third-order valence-electron chi connectivity index (χ3n) is 4.87. The minimum atomic E-state index is 0.727. The molecule has 0 atom stereocenters. The normalized spacial score (nSPS) is 11.3. The first kappa shape index (κ1) is 18.6. The van der Waals surface area contributed by atoms with Gasteiger partial charge in [0.25, 0.3) is 0 Å². The average molecular weight is 413 g/mol. The van der Waals surface area contributed by atoms with Crippen molar-refractivity contribution >= 4 is 17.4 Å². The molecule has 6 nitrogen and oxygen atoms in total. The summed E-state index contributed by atoms with van der Waals surface area (Å²) in [6.45, 7) is 3.95. The van der Waals surface area contributed by atoms with E-state index in [0.29, 0.717) is 0 Å². The number of nitrogens with zero attached hydrogens (tertiary/aromatic N) is 6. The van der Waals surface area contributed by atoms with E-state index in [1.807, 2.05) is 65.4 Å². The van der Waals surface area contributed by atoms with Gasteiger partial charge in [0.2, 0.25) is 0 Å². The van der Waals surface area contributed by atoms with Gasteiger partial charge < -0.3 is 0 Å². The van der Waals surface area contributed by atoms with Crippen LogP contribution in [0.1, 0.15) is 17.1 Å². The van der Waals surface area contributed by atoms with Crippen molar-refractivity contribution in [3.05, 3.63) is 90.0 Å². The molecule has 0 N–H and O–H groups in total. The molecule has 5 rings (SSSR count). The van der Waals surface area contributed by atoms with Gasteiger partial charge in [0.05, 0.1) is 11.4 Å². The van der Waals surface area contributed by atoms with E-state index in [2.05, 4.69) is 45.6 Å². The Labute approximate surface area is 178 Å². The van der Waals surface area contributed by atoms with Crippen LogP contribution in [0.5, 0.6) is 0 Å². The fourth-order valence-electron chi connectivity index (χ4n) is 3.51. The molecule has 0 amide bonds. The van der Waals surface area contributed by atoms with Crippen LogP contribution < -0.4 is 0 Å². The summed E-state index contributed by atoms with van der Waals surface area (Å²) in [6.07, 6.45) is 2.10. The fourth-order valence-corrected chi connectivity index (χ4v) is 4.46. The van der Waals surface area contributed by atoms with Crippen molar-refractivity contribution in [1.29, 1.82) is 0 Å². The van der Waals surface area contributed by atoms with Crippen molar-refractivity contribution in [2.24, 2.45) is 0 Å². The van der Waals surface area contributed by atoms with Crippen molar-refractivity contribution in [2.75, 3.05) is 0 Å². The number of thioether (sulfide) groups is 1. The number of aromatic nitrogens is 6. The minimum Gasteiger partial charge on any atom is -0.258 e. The molecule has 3 aromatic heterocycles. The Bertz CT molecular complexity index is 1310. The van der Waals surface area contributed by atoms with E-state index in [9.17, 15) is 0 Å². The molecular formula is C23H20N6S. The first-order valence-corrected chi connectivity index (χ1v) is 10.7. The Morgan fingerprint density at radius 2 is 1.63 bits per heavy atom. The van der Waals surface area contributed by atoms with Crippen LogP contribution in [0.2, 0.25) is 0 Å². The van der Waals surface area contributed by atoms with Gasteiger partial charge in [0.15, 0.2) is 10.8 Å². The maximum absolute atomic E-state index is 4.89. The monoisotopic (exact) mass is 412 g/mol. The van der Waals surface area contributed by atoms with Gasteiger partial charge in [-0.3, -0.25) is 4.40 Å². The Morgan fingerprint density at radius 1 is 0.900 bits per heavy atom. The highest BCUT2D eigenvalue weighted by Crippen LogP contribution is 2.30. The number of para-hydroxylation sites is 1. The van der Waals surface area contributed by atoms with Gasteiger partial charge in [0.1, 0.15) is 5.82 Å². The van der Waals surface area contributed by atoms with E-state index in [1.165, 1.54) is 0 Å². The van der Waals surface area contributed by atoms with Crippen molar-refractivity contribution in [1.82, 2.24) is 29.4 Å². The summed E-state index contributed by atoms with van der Waals surface area (Å²) >= 11 is 1.64. The highest BCUT2D eigenvalue weighted by Gasteiger charge is 2.15. The van der Waals surface area contributed by atoms with E-state index in [0.717, 1.165) is 50.6 Å². The highest BCUT2D eigenvalue weighted by molar-refractivity contribution is 7.98. The molecule has 7 heteroatoms. The zero-order valence-electron chi connectivity index (χ0n) is 16.7. The maximum atomic E-state index is 4.89. The van der Waals surface area contributed by atoms with Crippen molar-refractivity contribution in [3.63, 3.8) is 0 Å². The number of fused-ring (bicyclic) bond motifs is 1. The molecule has 0 aliphatic heterocycles. The summed E-state index contributed by atoms with van der Waals surface area (Å²) in [5, 5.41) is 14.4. The lowest BCUT2D eigenvalue weighted by Gasteiger charge is -2.04. The van der Waals surface area contributed by atoms with Gasteiger partial charge in [-0.05, 0) is 26.0 Å². The Morgan fingerprint density at radius 3 is 2.40 bits per heavy atom. The standard InChI is InChI=1S/C23H20N6S/c1-16-13-21-25-26-23(29(21)17(2)24-16)30-15-19-14-28(20-11-7-4-8-12-20)27-22(19)18-9-5-3-6-10-18/h3-14H,15H2,1-2H3. The van der Waals surface area contributed by atoms with Crippen LogP contribution in [0.15, 0.2) is 78.1 Å². The summed E-state index contributed by atoms with van der Waals surface area (Å²) in [6, 6.07) is 22.4. The minimum absolute atomic E-state index is 0.727. The molecule has 148 valence electrons. The molecule has 0 aliphatic rings. The smallest absolute Gasteiger partial charge is 0.197 e. The van der Waals surface area contributed by atoms with E-state index in [4.69, 9.17) is 5.10 Å². The van der Waals surface area contributed by atoms with Crippen LogP contribution in [0.25, 0.3) is 22.6 Å². The van der Waals surface area contributed by atoms with Crippen LogP contribution in [0, 0.1) is 13.8 Å². The van der Waals surface area contributed by atoms with E-state index < -0.39 is 0 Å². The molecule has 0 saturated carbocycles. The number of hydrogen-bond donors (Lipinski definition) is 0. The second-order valence-electron chi connectivity index (χ2n) is 7.06. The van der Waals surface area contributed by atoms with E-state index in [-0.39, 0.29) is 0 Å². The Balaban J connectivity index is 1.52. The zero-order chi connectivity index (χ0) is 20.5. The molecular weight excluding hydrogens is 392 g/mol. The Hall–Kier alpha value is -3.45. The molecule has 0 bridgehead atoms. The summed E-state index contributed by atoms with van der Waals surface area (Å²) in [5.41, 5.74) is 6.03. The predicted octanol–water partition coefficient (Wildman–Crippen LogP) is 4.89. The molecule has 0 saturated heterocycles. The summed E-state index contributed by atoms with van der Waals surface area (Å²) < 4.78 is 3.94. The molecule has 0 radical (unpaired) electrons. The third kappa shape index (κ3) is 3.48. The topological polar surface area (TPSA) is 60.9 Å².